The molecule has 0 spiro atoms. The second-order valence-corrected chi connectivity index (χ2v) is 12.6. The van der Waals surface area contributed by atoms with Gasteiger partial charge in [-0.15, -0.1) is 0 Å². The lowest BCUT2D eigenvalue weighted by Crippen LogP contribution is -2.38. The molecule has 0 aliphatic carbocycles. The number of anilines is 1. The number of phosphoric ester groups is 2. The van der Waals surface area contributed by atoms with Crippen LogP contribution in [0.15, 0.2) is 43.0 Å². The average Bonchev–Trinajstić information content (AvgIpc) is 3.61. The Labute approximate surface area is 246 Å². The molecule has 0 saturated carbocycles. The van der Waals surface area contributed by atoms with E-state index in [0.29, 0.717) is 0 Å². The summed E-state index contributed by atoms with van der Waals surface area (Å²) in [6, 6.07) is 7.64. The molecule has 3 aromatic rings. The van der Waals surface area contributed by atoms with Crippen molar-refractivity contribution in [2.24, 2.45) is 0 Å². The standard InChI is InChI=1S/C22H27N5O15P2/c23-18-13-19(25-8-24-18)27(9-26-13)20-16(30)14(28)11(39-20)6-37-43(33,34)42-44(35,36)38-7-12-15(29)17(22(32)40-12)41-21(31)10-4-2-1-3-5-10/h1-5,8-9,11-12,14-17,20,22,28-30,32H,6-7H2,(H,33,34)(H,35,36)(H2,23,24,25)/t11-,12+,14-,15+,16-,17+,20-,22?/m1/s1. The summed E-state index contributed by atoms with van der Waals surface area (Å²) in [6.45, 7) is -1.87. The summed E-state index contributed by atoms with van der Waals surface area (Å²) in [6.07, 6.45) is -10.3. The van der Waals surface area contributed by atoms with Gasteiger partial charge in [0.15, 0.2) is 30.1 Å². The second-order valence-electron chi connectivity index (χ2n) is 9.53. The molecule has 4 heterocycles. The number of benzene rings is 1. The van der Waals surface area contributed by atoms with Crippen molar-refractivity contribution in [3.63, 3.8) is 0 Å². The number of esters is 1. The van der Waals surface area contributed by atoms with Gasteiger partial charge in [-0.05, 0) is 12.1 Å². The van der Waals surface area contributed by atoms with Crippen LogP contribution >= 0.6 is 15.6 Å². The molecular weight excluding hydrogens is 636 g/mol. The highest BCUT2D eigenvalue weighted by Crippen LogP contribution is 2.60. The first kappa shape index (κ1) is 32.5. The number of ether oxygens (including phenoxy) is 3. The number of hydrogen-bond acceptors (Lipinski definition) is 17. The maximum atomic E-state index is 12.4. The highest BCUT2D eigenvalue weighted by Gasteiger charge is 2.48. The first-order valence-electron chi connectivity index (χ1n) is 12.6. The largest absolute Gasteiger partial charge is 0.481 e. The highest BCUT2D eigenvalue weighted by molar-refractivity contribution is 7.61. The van der Waals surface area contributed by atoms with Gasteiger partial charge in [-0.1, -0.05) is 18.2 Å². The van der Waals surface area contributed by atoms with E-state index in [4.69, 9.17) is 19.9 Å². The quantitative estimate of drug-likeness (QED) is 0.0914. The minimum Gasteiger partial charge on any atom is -0.450 e. The van der Waals surface area contributed by atoms with Crippen molar-refractivity contribution in [2.45, 2.75) is 49.1 Å². The van der Waals surface area contributed by atoms with Crippen LogP contribution in [0.3, 0.4) is 0 Å². The number of aliphatic hydroxyl groups excluding tert-OH is 4. The summed E-state index contributed by atoms with van der Waals surface area (Å²) in [5.41, 5.74) is 6.22. The lowest BCUT2D eigenvalue weighted by molar-refractivity contribution is -0.134. The van der Waals surface area contributed by atoms with Gasteiger partial charge in [0.1, 0.15) is 42.4 Å². The van der Waals surface area contributed by atoms with Crippen molar-refractivity contribution in [1.82, 2.24) is 19.5 Å². The maximum Gasteiger partial charge on any atom is 0.481 e. The Kier molecular flexibility index (Phi) is 9.45. The molecule has 44 heavy (non-hydrogen) atoms. The summed E-state index contributed by atoms with van der Waals surface area (Å²) < 4.78 is 55.2. The SMILES string of the molecule is Nc1ncnc2c1ncn2[C@@H]1O[C@H](COP(=O)(O)OP(=O)(O)OC[C@@H]2OC(O)[C@@H](OC(=O)c3ccccc3)[C@H]2O)[C@@H](O)[C@H]1O. The Balaban J connectivity index is 1.13. The summed E-state index contributed by atoms with van der Waals surface area (Å²) in [5.74, 6) is -0.840. The number of imidazole rings is 1. The molecule has 0 amide bonds. The van der Waals surface area contributed by atoms with Crippen LogP contribution in [0.25, 0.3) is 11.2 Å². The molecule has 22 heteroatoms. The Hall–Kier alpha value is -2.94. The number of rotatable bonds is 11. The van der Waals surface area contributed by atoms with Crippen LogP contribution in [0.2, 0.25) is 0 Å². The number of fused-ring (bicyclic) bond motifs is 1. The average molecular weight is 663 g/mol. The fourth-order valence-corrected chi connectivity index (χ4v) is 6.51. The van der Waals surface area contributed by atoms with Crippen LogP contribution < -0.4 is 5.73 Å². The van der Waals surface area contributed by atoms with Crippen molar-refractivity contribution < 1.29 is 71.7 Å². The van der Waals surface area contributed by atoms with Gasteiger partial charge in [-0.3, -0.25) is 13.6 Å². The van der Waals surface area contributed by atoms with Gasteiger partial charge >= 0.3 is 21.6 Å². The topological polar surface area (TPSA) is 298 Å². The van der Waals surface area contributed by atoms with Gasteiger partial charge in [0, 0.05) is 0 Å². The molecule has 8 N–H and O–H groups in total. The molecule has 0 bridgehead atoms. The lowest BCUT2D eigenvalue weighted by Gasteiger charge is -2.21. The molecule has 20 nitrogen and oxygen atoms in total. The first-order chi connectivity index (χ1) is 20.8. The van der Waals surface area contributed by atoms with Gasteiger partial charge in [0.25, 0.3) is 0 Å². The molecule has 0 radical (unpaired) electrons. The molecule has 2 aromatic heterocycles. The summed E-state index contributed by atoms with van der Waals surface area (Å²) >= 11 is 0. The number of hydrogen-bond donors (Lipinski definition) is 7. The predicted molar refractivity (Wildman–Crippen MR) is 141 cm³/mol. The van der Waals surface area contributed by atoms with Gasteiger partial charge in [-0.25, -0.2) is 28.9 Å². The van der Waals surface area contributed by atoms with Crippen LogP contribution in [0, 0.1) is 0 Å². The number of phosphoric acid groups is 2. The molecule has 10 atom stereocenters. The van der Waals surface area contributed by atoms with E-state index in [1.54, 1.807) is 18.2 Å². The number of nitrogen functional groups attached to an aromatic ring is 1. The van der Waals surface area contributed by atoms with Crippen molar-refractivity contribution in [1.29, 1.82) is 0 Å². The number of nitrogens with zero attached hydrogens (tertiary/aromatic N) is 4. The van der Waals surface area contributed by atoms with Crippen LogP contribution in [0.5, 0.6) is 0 Å². The Morgan fingerprint density at radius 1 is 0.909 bits per heavy atom. The third kappa shape index (κ3) is 6.98. The van der Waals surface area contributed by atoms with Crippen LogP contribution in [0.1, 0.15) is 16.6 Å². The molecule has 240 valence electrons. The normalized spacial score (nSPS) is 31.5. The molecule has 2 fully saturated rings. The Morgan fingerprint density at radius 3 is 2.20 bits per heavy atom. The number of carbonyl (C=O) groups excluding carboxylic acids is 1. The summed E-state index contributed by atoms with van der Waals surface area (Å²) in [4.78, 5) is 44.0. The number of aliphatic hydroxyl groups is 4. The van der Waals surface area contributed by atoms with E-state index in [9.17, 15) is 44.1 Å². The highest BCUT2D eigenvalue weighted by atomic mass is 31.3. The van der Waals surface area contributed by atoms with Gasteiger partial charge in [0.05, 0.1) is 25.1 Å². The van der Waals surface area contributed by atoms with E-state index in [-0.39, 0.29) is 22.5 Å². The second kappa shape index (κ2) is 12.8. The van der Waals surface area contributed by atoms with E-state index < -0.39 is 84.0 Å². The Morgan fingerprint density at radius 2 is 1.55 bits per heavy atom. The zero-order valence-corrected chi connectivity index (χ0v) is 24.0. The fourth-order valence-electron chi connectivity index (χ4n) is 4.41. The van der Waals surface area contributed by atoms with E-state index in [1.165, 1.54) is 23.0 Å². The summed E-state index contributed by atoms with van der Waals surface area (Å²) in [5, 5.41) is 41.3. The minimum atomic E-state index is -5.39. The zero-order valence-electron chi connectivity index (χ0n) is 22.2. The van der Waals surface area contributed by atoms with Gasteiger partial charge in [0.2, 0.25) is 0 Å². The lowest BCUT2D eigenvalue weighted by atomic mass is 10.1. The minimum absolute atomic E-state index is 0.0483. The maximum absolute atomic E-state index is 12.4. The third-order valence-corrected chi connectivity index (χ3v) is 9.18. The molecule has 2 saturated heterocycles. The Bertz CT molecular complexity index is 1580. The molecule has 2 aliphatic heterocycles. The number of aromatic nitrogens is 4. The number of carbonyl (C=O) groups is 1. The van der Waals surface area contributed by atoms with Crippen LogP contribution in [-0.2, 0) is 36.7 Å². The van der Waals surface area contributed by atoms with Crippen molar-refractivity contribution >= 4 is 38.6 Å². The van der Waals surface area contributed by atoms with Gasteiger partial charge < -0.3 is 50.2 Å². The molecule has 1 aromatic carbocycles. The third-order valence-electron chi connectivity index (χ3n) is 6.57. The zero-order chi connectivity index (χ0) is 31.8. The molecule has 3 unspecified atom stereocenters. The molecular formula is C22H27N5O15P2. The fraction of sp³-hybridized carbons (Fsp3) is 0.455. The first-order valence-corrected chi connectivity index (χ1v) is 15.6. The van der Waals surface area contributed by atoms with E-state index >= 15 is 0 Å². The molecule has 5 rings (SSSR count). The number of nitrogens with two attached hydrogens (primary N) is 1. The van der Waals surface area contributed by atoms with E-state index in [2.05, 4.69) is 28.3 Å². The monoisotopic (exact) mass is 663 g/mol. The summed E-state index contributed by atoms with van der Waals surface area (Å²) in [7, 11) is -10.8. The van der Waals surface area contributed by atoms with Crippen LogP contribution in [0.4, 0.5) is 5.82 Å². The van der Waals surface area contributed by atoms with Crippen molar-refractivity contribution in [3.05, 3.63) is 48.5 Å². The van der Waals surface area contributed by atoms with Crippen molar-refractivity contribution in [2.75, 3.05) is 18.9 Å². The van der Waals surface area contributed by atoms with E-state index in [0.717, 1.165) is 6.33 Å². The van der Waals surface area contributed by atoms with Crippen molar-refractivity contribution in [3.8, 4) is 0 Å². The van der Waals surface area contributed by atoms with Gasteiger partial charge in [-0.2, -0.15) is 4.31 Å². The smallest absolute Gasteiger partial charge is 0.450 e. The predicted octanol–water partition coefficient (Wildman–Crippen LogP) is -1.42. The van der Waals surface area contributed by atoms with Crippen LogP contribution in [-0.4, -0.2) is 112 Å². The molecule has 2 aliphatic rings. The van der Waals surface area contributed by atoms with E-state index in [1.807, 2.05) is 0 Å².